The third-order valence-corrected chi connectivity index (χ3v) is 7.12. The summed E-state index contributed by atoms with van der Waals surface area (Å²) in [5, 5.41) is 9.43. The van der Waals surface area contributed by atoms with Crippen molar-refractivity contribution < 1.29 is 4.39 Å². The summed E-state index contributed by atoms with van der Waals surface area (Å²) in [6.45, 7) is 4.98. The van der Waals surface area contributed by atoms with E-state index in [1.807, 2.05) is 16.5 Å². The van der Waals surface area contributed by atoms with Crippen molar-refractivity contribution in [2.45, 2.75) is 51.0 Å². The molecular weight excluding hydrogens is 387 g/mol. The minimum atomic E-state index is -0.152. The van der Waals surface area contributed by atoms with E-state index in [4.69, 9.17) is 11.6 Å². The predicted molar refractivity (Wildman–Crippen MR) is 113 cm³/mol. The highest BCUT2D eigenvalue weighted by atomic mass is 35.5. The number of nitrogens with zero attached hydrogens (tertiary/aromatic N) is 4. The van der Waals surface area contributed by atoms with Crippen molar-refractivity contribution in [3.05, 3.63) is 64.3 Å². The van der Waals surface area contributed by atoms with Crippen LogP contribution in [0.4, 0.5) is 4.39 Å². The number of benzene rings is 1. The minimum Gasteiger partial charge on any atom is -0.299 e. The fourth-order valence-corrected chi connectivity index (χ4v) is 4.70. The van der Waals surface area contributed by atoms with Crippen molar-refractivity contribution in [3.8, 4) is 0 Å². The molecule has 1 saturated carbocycles. The highest BCUT2D eigenvalue weighted by Gasteiger charge is 2.32. The molecule has 3 aromatic rings. The molecule has 152 valence electrons. The van der Waals surface area contributed by atoms with Gasteiger partial charge >= 0.3 is 0 Å². The molecule has 1 aliphatic carbocycles. The number of halogens is 2. The molecule has 1 aliphatic heterocycles. The zero-order chi connectivity index (χ0) is 20.0. The smallest absolute Gasteiger partial charge is 0.179 e. The third kappa shape index (κ3) is 3.78. The third-order valence-electron chi connectivity index (χ3n) is 6.71. The van der Waals surface area contributed by atoms with Crippen LogP contribution >= 0.6 is 11.6 Å². The summed E-state index contributed by atoms with van der Waals surface area (Å²) < 4.78 is 15.7. The van der Waals surface area contributed by atoms with Gasteiger partial charge < -0.3 is 0 Å². The zero-order valence-electron chi connectivity index (χ0n) is 16.7. The second-order valence-electron chi connectivity index (χ2n) is 8.96. The Kier molecular flexibility index (Phi) is 4.83. The van der Waals surface area contributed by atoms with E-state index in [1.165, 1.54) is 18.9 Å². The lowest BCUT2D eigenvalue weighted by atomic mass is 9.74. The lowest BCUT2D eigenvalue weighted by Crippen LogP contribution is -2.40. The topological polar surface area (TPSA) is 33.4 Å². The first-order valence-corrected chi connectivity index (χ1v) is 10.9. The molecule has 4 nitrogen and oxygen atoms in total. The fourth-order valence-electron chi connectivity index (χ4n) is 4.45. The van der Waals surface area contributed by atoms with Crippen molar-refractivity contribution in [1.29, 1.82) is 0 Å². The number of hydrogen-bond donors (Lipinski definition) is 0. The van der Waals surface area contributed by atoms with Gasteiger partial charge in [-0.2, -0.15) is 0 Å². The van der Waals surface area contributed by atoms with Crippen LogP contribution in [-0.2, 0) is 18.4 Å². The Bertz CT molecular complexity index is 1030. The van der Waals surface area contributed by atoms with Gasteiger partial charge in [-0.3, -0.25) is 9.30 Å². The van der Waals surface area contributed by atoms with Crippen molar-refractivity contribution >= 4 is 17.2 Å². The van der Waals surface area contributed by atoms with E-state index in [0.717, 1.165) is 67.4 Å². The van der Waals surface area contributed by atoms with E-state index < -0.39 is 0 Å². The van der Waals surface area contributed by atoms with Crippen LogP contribution < -0.4 is 0 Å². The number of pyridine rings is 1. The van der Waals surface area contributed by atoms with E-state index in [2.05, 4.69) is 34.3 Å². The van der Waals surface area contributed by atoms with Gasteiger partial charge in [-0.1, -0.05) is 30.7 Å². The normalized spacial score (nSPS) is 19.7. The van der Waals surface area contributed by atoms with Crippen LogP contribution in [0.25, 0.3) is 5.65 Å². The summed E-state index contributed by atoms with van der Waals surface area (Å²) in [5.74, 6) is 1.63. The summed E-state index contributed by atoms with van der Waals surface area (Å²) >= 11 is 6.70. The molecule has 3 heterocycles. The molecule has 1 saturated heterocycles. The summed E-state index contributed by atoms with van der Waals surface area (Å²) in [5.41, 5.74) is 2.99. The summed E-state index contributed by atoms with van der Waals surface area (Å²) in [4.78, 5) is 2.43. The Balaban J connectivity index is 1.29. The van der Waals surface area contributed by atoms with E-state index >= 15 is 0 Å². The number of fused-ring (bicyclic) bond motifs is 1. The fraction of sp³-hybridized carbons (Fsp3) is 0.478. The molecule has 29 heavy (non-hydrogen) atoms. The number of likely N-dealkylation sites (tertiary alicyclic amines) is 1. The Hall–Kier alpha value is -1.98. The molecule has 0 radical (unpaired) electrons. The van der Waals surface area contributed by atoms with Crippen LogP contribution in [0.2, 0.25) is 5.02 Å². The largest absolute Gasteiger partial charge is 0.299 e. The molecule has 0 atom stereocenters. The average molecular weight is 413 g/mol. The first-order valence-electron chi connectivity index (χ1n) is 10.5. The molecule has 0 spiro atoms. The molecule has 0 N–H and O–H groups in total. The van der Waals surface area contributed by atoms with Crippen LogP contribution in [0, 0.1) is 11.7 Å². The maximum atomic E-state index is 13.7. The molecule has 5 rings (SSSR count). The number of rotatable bonds is 5. The molecule has 6 heteroatoms. The summed E-state index contributed by atoms with van der Waals surface area (Å²) in [7, 11) is 0. The second-order valence-corrected chi connectivity index (χ2v) is 9.34. The van der Waals surface area contributed by atoms with Crippen LogP contribution in [0.5, 0.6) is 0 Å². The number of piperidine rings is 1. The Morgan fingerprint density at radius 1 is 1.17 bits per heavy atom. The molecule has 1 aromatic carbocycles. The molecule has 2 aliphatic rings. The van der Waals surface area contributed by atoms with Crippen LogP contribution in [0.15, 0.2) is 36.5 Å². The van der Waals surface area contributed by atoms with E-state index in [9.17, 15) is 4.39 Å². The van der Waals surface area contributed by atoms with Gasteiger partial charge in [0.2, 0.25) is 0 Å². The Morgan fingerprint density at radius 3 is 2.69 bits per heavy atom. The highest BCUT2D eigenvalue weighted by molar-refractivity contribution is 6.34. The number of hydrogen-bond acceptors (Lipinski definition) is 3. The zero-order valence-corrected chi connectivity index (χ0v) is 17.5. The van der Waals surface area contributed by atoms with Crippen molar-refractivity contribution in [3.63, 3.8) is 0 Å². The van der Waals surface area contributed by atoms with Gasteiger partial charge in [0, 0.05) is 19.2 Å². The molecule has 2 fully saturated rings. The van der Waals surface area contributed by atoms with Gasteiger partial charge in [0.15, 0.2) is 5.65 Å². The van der Waals surface area contributed by atoms with Crippen molar-refractivity contribution in [2.24, 2.45) is 5.92 Å². The Morgan fingerprint density at radius 2 is 1.97 bits per heavy atom. The van der Waals surface area contributed by atoms with Gasteiger partial charge in [0.1, 0.15) is 11.6 Å². The maximum Gasteiger partial charge on any atom is 0.179 e. The van der Waals surface area contributed by atoms with Crippen LogP contribution in [0.1, 0.15) is 49.6 Å². The van der Waals surface area contributed by atoms with Gasteiger partial charge in [-0.15, -0.1) is 10.2 Å². The molecule has 2 aromatic heterocycles. The maximum absolute atomic E-state index is 13.7. The van der Waals surface area contributed by atoms with Gasteiger partial charge in [-0.05, 0) is 79.4 Å². The van der Waals surface area contributed by atoms with E-state index in [-0.39, 0.29) is 11.2 Å². The van der Waals surface area contributed by atoms with Crippen LogP contribution in [0.3, 0.4) is 0 Å². The van der Waals surface area contributed by atoms with Crippen LogP contribution in [-0.4, -0.2) is 32.6 Å². The highest BCUT2D eigenvalue weighted by Crippen LogP contribution is 2.36. The first-order chi connectivity index (χ1) is 14.0. The monoisotopic (exact) mass is 412 g/mol. The van der Waals surface area contributed by atoms with Gasteiger partial charge in [-0.25, -0.2) is 4.39 Å². The van der Waals surface area contributed by atoms with E-state index in [1.54, 1.807) is 6.07 Å². The summed E-state index contributed by atoms with van der Waals surface area (Å²) in [6.07, 6.45) is 7.66. The van der Waals surface area contributed by atoms with Crippen molar-refractivity contribution in [1.82, 2.24) is 19.5 Å². The predicted octanol–water partition coefficient (Wildman–Crippen LogP) is 5.03. The van der Waals surface area contributed by atoms with Gasteiger partial charge in [0.25, 0.3) is 0 Å². The average Bonchev–Trinajstić information content (AvgIpc) is 3.44. The quantitative estimate of drug-likeness (QED) is 0.589. The van der Waals surface area contributed by atoms with Gasteiger partial charge in [0.05, 0.1) is 5.02 Å². The first kappa shape index (κ1) is 19.0. The van der Waals surface area contributed by atoms with Crippen molar-refractivity contribution in [2.75, 3.05) is 13.1 Å². The Labute approximate surface area is 175 Å². The standard InChI is InChI=1S/C23H26ClFN4/c1-23(18-3-2-4-19(25)14-18)8-11-28(12-9-23)15-17-7-10-29-20(13-16-5-6-16)26-27-22(29)21(17)24/h2-4,7,10,14,16H,5-6,8-9,11-13,15H2,1H3. The van der Waals surface area contributed by atoms with E-state index in [0.29, 0.717) is 5.02 Å². The molecule has 0 amide bonds. The molecule has 0 bridgehead atoms. The number of aromatic nitrogens is 3. The summed E-state index contributed by atoms with van der Waals surface area (Å²) in [6, 6.07) is 9.17. The lowest BCUT2D eigenvalue weighted by molar-refractivity contribution is 0.162. The minimum absolute atomic E-state index is 0.0249. The SMILES string of the molecule is CC1(c2cccc(F)c2)CCN(Cc2ccn3c(CC4CC4)nnc3c2Cl)CC1. The molecule has 0 unspecified atom stereocenters. The lowest BCUT2D eigenvalue weighted by Gasteiger charge is -2.40. The second kappa shape index (κ2) is 7.37. The molecular formula is C23H26ClFN4.